The molecule has 0 radical (unpaired) electrons. The van der Waals surface area contributed by atoms with Crippen LogP contribution in [-0.2, 0) is 11.2 Å². The molecular weight excluding hydrogens is 218 g/mol. The lowest BCUT2D eigenvalue weighted by Gasteiger charge is -2.23. The minimum Gasteiger partial charge on any atom is -0.377 e. The van der Waals surface area contributed by atoms with Crippen LogP contribution in [0.4, 0.5) is 5.82 Å². The molecule has 2 heterocycles. The Kier molecular flexibility index (Phi) is 3.78. The number of H-pyrrole nitrogens is 1. The van der Waals surface area contributed by atoms with Gasteiger partial charge in [0, 0.05) is 32.2 Å². The van der Waals surface area contributed by atoms with Gasteiger partial charge in [-0.2, -0.15) is 0 Å². The molecule has 5 heteroatoms. The van der Waals surface area contributed by atoms with Crippen molar-refractivity contribution in [2.45, 2.75) is 32.8 Å². The number of hydrogen-bond donors (Lipinski definition) is 1. The molecule has 1 atom stereocenters. The zero-order valence-corrected chi connectivity index (χ0v) is 10.4. The van der Waals surface area contributed by atoms with E-state index in [2.05, 4.69) is 14.9 Å². The predicted molar refractivity (Wildman–Crippen MR) is 66.5 cm³/mol. The third-order valence-corrected chi connectivity index (χ3v) is 2.89. The monoisotopic (exact) mass is 237 g/mol. The fourth-order valence-electron chi connectivity index (χ4n) is 2.03. The lowest BCUT2D eigenvalue weighted by molar-refractivity contribution is 0.0820. The molecule has 0 spiro atoms. The Morgan fingerprint density at radius 2 is 2.47 bits per heavy atom. The smallest absolute Gasteiger partial charge is 0.252 e. The van der Waals surface area contributed by atoms with Crippen LogP contribution in [0.2, 0.25) is 0 Å². The Hall–Kier alpha value is -1.36. The van der Waals surface area contributed by atoms with Gasteiger partial charge >= 0.3 is 0 Å². The van der Waals surface area contributed by atoms with E-state index in [9.17, 15) is 4.79 Å². The summed E-state index contributed by atoms with van der Waals surface area (Å²) in [6, 6.07) is 1.57. The highest BCUT2D eigenvalue weighted by atomic mass is 16.5. The van der Waals surface area contributed by atoms with Crippen LogP contribution in [0.15, 0.2) is 10.9 Å². The lowest BCUT2D eigenvalue weighted by Crippen LogP contribution is -2.32. The summed E-state index contributed by atoms with van der Waals surface area (Å²) in [5.74, 6) is 1.51. The first-order chi connectivity index (χ1) is 8.19. The topological polar surface area (TPSA) is 58.2 Å². The van der Waals surface area contributed by atoms with Crippen molar-refractivity contribution < 1.29 is 4.74 Å². The van der Waals surface area contributed by atoms with E-state index in [-0.39, 0.29) is 11.7 Å². The van der Waals surface area contributed by atoms with E-state index in [0.29, 0.717) is 0 Å². The highest BCUT2D eigenvalue weighted by molar-refractivity contribution is 5.37. The number of ether oxygens (including phenoxy) is 1. The Morgan fingerprint density at radius 1 is 1.65 bits per heavy atom. The van der Waals surface area contributed by atoms with Crippen molar-refractivity contribution in [3.05, 3.63) is 22.2 Å². The summed E-state index contributed by atoms with van der Waals surface area (Å²) in [5, 5.41) is 0. The van der Waals surface area contributed by atoms with Gasteiger partial charge in [-0.1, -0.05) is 6.92 Å². The Morgan fingerprint density at radius 3 is 3.24 bits per heavy atom. The predicted octanol–water partition coefficient (Wildman–Crippen LogP) is 0.947. The third-order valence-electron chi connectivity index (χ3n) is 2.89. The maximum Gasteiger partial charge on any atom is 0.252 e. The van der Waals surface area contributed by atoms with Crippen molar-refractivity contribution in [3.8, 4) is 0 Å². The normalized spacial score (nSPS) is 21.3. The number of nitrogens with one attached hydrogen (secondary N) is 1. The number of rotatable bonds is 2. The van der Waals surface area contributed by atoms with Crippen LogP contribution in [-0.4, -0.2) is 35.8 Å². The zero-order valence-electron chi connectivity index (χ0n) is 10.4. The maximum absolute atomic E-state index is 11.5. The molecule has 0 aromatic carbocycles. The van der Waals surface area contributed by atoms with Crippen molar-refractivity contribution in [1.82, 2.24) is 9.97 Å². The second-order valence-corrected chi connectivity index (χ2v) is 4.38. The minimum absolute atomic E-state index is 0.0790. The van der Waals surface area contributed by atoms with E-state index >= 15 is 0 Å². The molecule has 1 aromatic heterocycles. The summed E-state index contributed by atoms with van der Waals surface area (Å²) in [4.78, 5) is 20.9. The van der Waals surface area contributed by atoms with Crippen molar-refractivity contribution in [2.75, 3.05) is 24.6 Å². The molecule has 1 aromatic rings. The molecule has 0 aliphatic carbocycles. The standard InChI is InChI=1S/C12H19N3O2/c1-3-10-13-11(7-12(16)14-10)15-5-4-6-17-9(2)8-15/h7,9H,3-6,8H2,1-2H3,(H,13,14,16). The molecule has 1 aliphatic rings. The van der Waals surface area contributed by atoms with Crippen LogP contribution in [0.5, 0.6) is 0 Å². The van der Waals surface area contributed by atoms with Gasteiger partial charge in [0.1, 0.15) is 11.6 Å². The van der Waals surface area contributed by atoms with Gasteiger partial charge in [0.15, 0.2) is 0 Å². The van der Waals surface area contributed by atoms with Gasteiger partial charge in [-0.25, -0.2) is 4.98 Å². The Labute approximate surface area is 101 Å². The third kappa shape index (κ3) is 3.06. The molecule has 0 bridgehead atoms. The highest BCUT2D eigenvalue weighted by Crippen LogP contribution is 2.13. The second kappa shape index (κ2) is 5.31. The summed E-state index contributed by atoms with van der Waals surface area (Å²) < 4.78 is 5.59. The Bertz CT molecular complexity index is 430. The van der Waals surface area contributed by atoms with E-state index in [0.717, 1.165) is 44.2 Å². The maximum atomic E-state index is 11.5. The number of aromatic nitrogens is 2. The molecule has 5 nitrogen and oxygen atoms in total. The van der Waals surface area contributed by atoms with Gasteiger partial charge in [-0.15, -0.1) is 0 Å². The van der Waals surface area contributed by atoms with Crippen LogP contribution in [0.25, 0.3) is 0 Å². The first-order valence-electron chi connectivity index (χ1n) is 6.16. The number of hydrogen-bond acceptors (Lipinski definition) is 4. The molecule has 1 N–H and O–H groups in total. The first kappa shape index (κ1) is 12.1. The molecule has 94 valence electrons. The zero-order chi connectivity index (χ0) is 12.3. The van der Waals surface area contributed by atoms with Crippen molar-refractivity contribution >= 4 is 5.82 Å². The number of aryl methyl sites for hydroxylation is 1. The molecular formula is C12H19N3O2. The van der Waals surface area contributed by atoms with Crippen LogP contribution >= 0.6 is 0 Å². The molecule has 1 saturated heterocycles. The molecule has 17 heavy (non-hydrogen) atoms. The van der Waals surface area contributed by atoms with Crippen LogP contribution < -0.4 is 10.5 Å². The van der Waals surface area contributed by atoms with E-state index in [1.807, 2.05) is 13.8 Å². The van der Waals surface area contributed by atoms with Crippen LogP contribution in [0, 0.1) is 0 Å². The lowest BCUT2D eigenvalue weighted by atomic mass is 10.3. The molecule has 2 rings (SSSR count). The summed E-state index contributed by atoms with van der Waals surface area (Å²) >= 11 is 0. The molecule has 1 fully saturated rings. The quantitative estimate of drug-likeness (QED) is 0.832. The van der Waals surface area contributed by atoms with Crippen LogP contribution in [0.3, 0.4) is 0 Å². The van der Waals surface area contributed by atoms with Gasteiger partial charge in [0.25, 0.3) is 5.56 Å². The summed E-state index contributed by atoms with van der Waals surface area (Å²) in [5.41, 5.74) is -0.0790. The Balaban J connectivity index is 2.25. The summed E-state index contributed by atoms with van der Waals surface area (Å²) in [6.45, 7) is 6.49. The average molecular weight is 237 g/mol. The van der Waals surface area contributed by atoms with E-state index in [1.165, 1.54) is 0 Å². The van der Waals surface area contributed by atoms with Gasteiger partial charge in [-0.05, 0) is 13.3 Å². The number of nitrogens with zero attached hydrogens (tertiary/aromatic N) is 2. The fourth-order valence-corrected chi connectivity index (χ4v) is 2.03. The van der Waals surface area contributed by atoms with Crippen LogP contribution in [0.1, 0.15) is 26.1 Å². The molecule has 1 aliphatic heterocycles. The van der Waals surface area contributed by atoms with Gasteiger partial charge in [0.05, 0.1) is 6.10 Å². The molecule has 1 unspecified atom stereocenters. The summed E-state index contributed by atoms with van der Waals surface area (Å²) in [6.07, 6.45) is 1.90. The number of anilines is 1. The fraction of sp³-hybridized carbons (Fsp3) is 0.667. The van der Waals surface area contributed by atoms with Crippen molar-refractivity contribution in [3.63, 3.8) is 0 Å². The average Bonchev–Trinajstić information content (AvgIpc) is 2.53. The summed E-state index contributed by atoms with van der Waals surface area (Å²) in [7, 11) is 0. The van der Waals surface area contributed by atoms with Gasteiger partial charge in [-0.3, -0.25) is 4.79 Å². The van der Waals surface area contributed by atoms with E-state index < -0.39 is 0 Å². The second-order valence-electron chi connectivity index (χ2n) is 4.38. The van der Waals surface area contributed by atoms with Crippen molar-refractivity contribution in [1.29, 1.82) is 0 Å². The number of aromatic amines is 1. The van der Waals surface area contributed by atoms with Gasteiger partial charge < -0.3 is 14.6 Å². The molecule has 0 amide bonds. The SMILES string of the molecule is CCc1nc(N2CCCOC(C)C2)cc(=O)[nH]1. The first-order valence-corrected chi connectivity index (χ1v) is 6.16. The van der Waals surface area contributed by atoms with E-state index in [1.54, 1.807) is 6.07 Å². The largest absolute Gasteiger partial charge is 0.377 e. The molecule has 0 saturated carbocycles. The van der Waals surface area contributed by atoms with Gasteiger partial charge in [0.2, 0.25) is 0 Å². The van der Waals surface area contributed by atoms with E-state index in [4.69, 9.17) is 4.74 Å². The highest BCUT2D eigenvalue weighted by Gasteiger charge is 2.17. The minimum atomic E-state index is -0.0790. The van der Waals surface area contributed by atoms with Crippen molar-refractivity contribution in [2.24, 2.45) is 0 Å².